The average molecular weight is 174 g/mol. The smallest absolute Gasteiger partial charge is 0.109 e. The fourth-order valence-corrected chi connectivity index (χ4v) is 4.51. The molecule has 0 aromatic heterocycles. The fraction of sp³-hybridized carbons (Fsp3) is 0.800. The van der Waals surface area contributed by atoms with Gasteiger partial charge in [-0.25, -0.2) is 4.39 Å². The molecular formula is C10H7FN2. The Hall–Kier alpha value is -1.09. The second-order valence-corrected chi connectivity index (χ2v) is 4.88. The first kappa shape index (κ1) is 6.38. The number of nitrogens with zero attached hydrogens (tertiary/aromatic N) is 2. The number of rotatable bonds is 0. The molecule has 0 unspecified atom stereocenters. The molecule has 0 N–H and O–H groups in total. The first-order valence-electron chi connectivity index (χ1n) is 4.74. The van der Waals surface area contributed by atoms with Crippen molar-refractivity contribution < 1.29 is 4.39 Å². The Bertz CT molecular complexity index is 406. The summed E-state index contributed by atoms with van der Waals surface area (Å²) in [5.41, 5.74) is -0.290. The van der Waals surface area contributed by atoms with Crippen LogP contribution >= 0.6 is 0 Å². The molecule has 4 aliphatic carbocycles. The highest BCUT2D eigenvalue weighted by molar-refractivity contribution is 5.47. The molecule has 8 atom stereocenters. The molecule has 4 saturated carbocycles. The molecule has 4 fully saturated rings. The van der Waals surface area contributed by atoms with E-state index >= 15 is 0 Å². The van der Waals surface area contributed by atoms with Crippen LogP contribution in [0.25, 0.3) is 0 Å². The Morgan fingerprint density at radius 1 is 1.08 bits per heavy atom. The molecule has 4 rings (SSSR count). The number of alkyl halides is 1. The summed E-state index contributed by atoms with van der Waals surface area (Å²) in [6, 6.07) is 4.54. The number of halogens is 1. The van der Waals surface area contributed by atoms with E-state index in [1.54, 1.807) is 0 Å². The Labute approximate surface area is 75.0 Å². The normalized spacial score (nSPS) is 73.9. The molecule has 0 aromatic rings. The first-order chi connectivity index (χ1) is 6.29. The van der Waals surface area contributed by atoms with Crippen molar-refractivity contribution in [2.45, 2.75) is 6.17 Å². The van der Waals surface area contributed by atoms with Gasteiger partial charge in [0, 0.05) is 11.8 Å². The molecule has 0 saturated heterocycles. The number of hydrogen-bond donors (Lipinski definition) is 0. The highest BCUT2D eigenvalue weighted by Gasteiger charge is 2.96. The largest absolute Gasteiger partial charge is 0.247 e. The summed E-state index contributed by atoms with van der Waals surface area (Å²) in [6.45, 7) is 0. The molecule has 3 heteroatoms. The van der Waals surface area contributed by atoms with Crippen LogP contribution in [0.15, 0.2) is 0 Å². The lowest BCUT2D eigenvalue weighted by molar-refractivity contribution is 0.0366. The Kier molecular flexibility index (Phi) is 0.675. The molecule has 64 valence electrons. The average Bonchev–Trinajstić information content (AvgIpc) is 2.97. The lowest BCUT2D eigenvalue weighted by Gasteiger charge is -2.34. The minimum atomic E-state index is -0.760. The van der Waals surface area contributed by atoms with Crippen molar-refractivity contribution in [3.63, 3.8) is 0 Å². The predicted molar refractivity (Wildman–Crippen MR) is 39.5 cm³/mol. The molecule has 2 nitrogen and oxygen atoms in total. The zero-order chi connectivity index (χ0) is 8.96. The lowest BCUT2D eigenvalue weighted by atomic mass is 9.69. The quantitative estimate of drug-likeness (QED) is 0.552. The summed E-state index contributed by atoms with van der Waals surface area (Å²) >= 11 is 0. The van der Waals surface area contributed by atoms with Crippen LogP contribution in [0.5, 0.6) is 0 Å². The van der Waals surface area contributed by atoms with E-state index in [1.807, 2.05) is 0 Å². The summed E-state index contributed by atoms with van der Waals surface area (Å²) in [5, 5.41) is 17.8. The van der Waals surface area contributed by atoms with Gasteiger partial charge in [0.25, 0.3) is 0 Å². The highest BCUT2D eigenvalue weighted by Crippen LogP contribution is 2.92. The van der Waals surface area contributed by atoms with Gasteiger partial charge in [-0.3, -0.25) is 0 Å². The van der Waals surface area contributed by atoms with Gasteiger partial charge in [-0.05, 0) is 17.8 Å². The van der Waals surface area contributed by atoms with Gasteiger partial charge in [-0.2, -0.15) is 10.5 Å². The second-order valence-electron chi connectivity index (χ2n) is 4.88. The first-order valence-corrected chi connectivity index (χ1v) is 4.74. The van der Waals surface area contributed by atoms with Crippen LogP contribution in [0.2, 0.25) is 0 Å². The van der Waals surface area contributed by atoms with Crippen molar-refractivity contribution in [2.75, 3.05) is 0 Å². The molecule has 0 aromatic carbocycles. The van der Waals surface area contributed by atoms with E-state index in [-0.39, 0.29) is 35.0 Å². The Morgan fingerprint density at radius 3 is 2.31 bits per heavy atom. The van der Waals surface area contributed by atoms with Crippen LogP contribution in [0, 0.1) is 63.6 Å². The monoisotopic (exact) mass is 174 g/mol. The van der Waals surface area contributed by atoms with Gasteiger partial charge in [-0.15, -0.1) is 0 Å². The maximum absolute atomic E-state index is 13.4. The Balaban J connectivity index is 1.80. The summed E-state index contributed by atoms with van der Waals surface area (Å²) in [5.74, 6) is 0.930. The van der Waals surface area contributed by atoms with Crippen molar-refractivity contribution >= 4 is 0 Å². The number of fused-ring (bicyclic) bond motifs is 4. The van der Waals surface area contributed by atoms with E-state index in [0.717, 1.165) is 0 Å². The third kappa shape index (κ3) is 0.348. The zero-order valence-electron chi connectivity index (χ0n) is 6.81. The van der Waals surface area contributed by atoms with Crippen LogP contribution in [0.3, 0.4) is 0 Å². The Morgan fingerprint density at radius 2 is 1.77 bits per heavy atom. The van der Waals surface area contributed by atoms with E-state index in [0.29, 0.717) is 5.92 Å². The lowest BCUT2D eigenvalue weighted by Crippen LogP contribution is -2.41. The van der Waals surface area contributed by atoms with E-state index in [1.165, 1.54) is 0 Å². The minimum Gasteiger partial charge on any atom is -0.247 e. The van der Waals surface area contributed by atoms with E-state index < -0.39 is 6.17 Å². The van der Waals surface area contributed by atoms with Crippen LogP contribution in [0.1, 0.15) is 0 Å². The van der Waals surface area contributed by atoms with Gasteiger partial charge in [0.15, 0.2) is 0 Å². The zero-order valence-corrected chi connectivity index (χ0v) is 6.81. The van der Waals surface area contributed by atoms with Gasteiger partial charge >= 0.3 is 0 Å². The molecule has 0 heterocycles. The van der Waals surface area contributed by atoms with Crippen LogP contribution in [-0.2, 0) is 0 Å². The summed E-state index contributed by atoms with van der Waals surface area (Å²) < 4.78 is 13.4. The van der Waals surface area contributed by atoms with Gasteiger partial charge in [-0.1, -0.05) is 0 Å². The van der Waals surface area contributed by atoms with Crippen molar-refractivity contribution in [1.82, 2.24) is 0 Å². The standard InChI is InChI=1S/C10H7FN2/c11-9-7-5-3(1-12)4(5)6-8(9)10(6,7)2-13/h3-9H/t3-,4-,5+,6+,7+,8+,9-,10-/m0/s1. The van der Waals surface area contributed by atoms with E-state index in [4.69, 9.17) is 10.5 Å². The van der Waals surface area contributed by atoms with E-state index in [9.17, 15) is 4.39 Å². The molecular weight excluding hydrogens is 167 g/mol. The summed E-state index contributed by atoms with van der Waals surface area (Å²) in [7, 11) is 0. The fourth-order valence-electron chi connectivity index (χ4n) is 4.51. The number of nitriles is 2. The maximum Gasteiger partial charge on any atom is 0.109 e. The van der Waals surface area contributed by atoms with E-state index in [2.05, 4.69) is 12.1 Å². The van der Waals surface area contributed by atoms with Crippen molar-refractivity contribution in [3.05, 3.63) is 0 Å². The topological polar surface area (TPSA) is 47.6 Å². The number of hydrogen-bond acceptors (Lipinski definition) is 2. The van der Waals surface area contributed by atoms with Gasteiger partial charge in [0.05, 0.1) is 23.5 Å². The SMILES string of the molecule is N#C[C@@H]1[C@@H]2[C@H]1[C@@H]1[C@@H]3[C@@H](F)[C@@H]2[C@]13C#N. The van der Waals surface area contributed by atoms with Crippen molar-refractivity contribution in [1.29, 1.82) is 10.5 Å². The summed E-state index contributed by atoms with van der Waals surface area (Å²) in [4.78, 5) is 0. The van der Waals surface area contributed by atoms with Gasteiger partial charge in [0.2, 0.25) is 0 Å². The van der Waals surface area contributed by atoms with Crippen molar-refractivity contribution in [2.24, 2.45) is 40.9 Å². The van der Waals surface area contributed by atoms with Gasteiger partial charge < -0.3 is 0 Å². The molecule has 0 aliphatic heterocycles. The molecule has 4 aliphatic rings. The molecule has 0 spiro atoms. The summed E-state index contributed by atoms with van der Waals surface area (Å²) in [6.07, 6.45) is -0.760. The third-order valence-corrected chi connectivity index (χ3v) is 4.92. The third-order valence-electron chi connectivity index (χ3n) is 4.92. The maximum atomic E-state index is 13.4. The highest BCUT2D eigenvalue weighted by atomic mass is 19.1. The minimum absolute atomic E-state index is 0.0158. The van der Waals surface area contributed by atoms with Gasteiger partial charge in [0.1, 0.15) is 6.17 Å². The molecule has 0 radical (unpaired) electrons. The second kappa shape index (κ2) is 1.38. The molecule has 0 amide bonds. The predicted octanol–water partition coefficient (Wildman–Crippen LogP) is 1.11. The van der Waals surface area contributed by atoms with Crippen LogP contribution in [0.4, 0.5) is 4.39 Å². The molecule has 0 bridgehead atoms. The van der Waals surface area contributed by atoms with Crippen molar-refractivity contribution in [3.8, 4) is 12.1 Å². The van der Waals surface area contributed by atoms with Crippen LogP contribution in [-0.4, -0.2) is 6.17 Å². The van der Waals surface area contributed by atoms with Crippen LogP contribution < -0.4 is 0 Å². The molecule has 13 heavy (non-hydrogen) atoms.